The highest BCUT2D eigenvalue weighted by Gasteiger charge is 2.35. The number of carbonyl (C=O) groups is 1. The van der Waals surface area contributed by atoms with Crippen LogP contribution in [0.25, 0.3) is 0 Å². The molecule has 0 bridgehead atoms. The highest BCUT2D eigenvalue weighted by atomic mass is 19.1. The van der Waals surface area contributed by atoms with Crippen molar-refractivity contribution in [3.05, 3.63) is 35.4 Å². The molecule has 0 N–H and O–H groups in total. The van der Waals surface area contributed by atoms with E-state index in [1.54, 1.807) is 0 Å². The van der Waals surface area contributed by atoms with Gasteiger partial charge in [-0.15, -0.1) is 0 Å². The van der Waals surface area contributed by atoms with Gasteiger partial charge in [-0.3, -0.25) is 4.79 Å². The third kappa shape index (κ3) is 2.70. The lowest BCUT2D eigenvalue weighted by molar-refractivity contribution is -0.123. The average molecular weight is 264 g/mol. The third-order valence-corrected chi connectivity index (χ3v) is 4.78. The second-order valence-corrected chi connectivity index (χ2v) is 6.01. The summed E-state index contributed by atoms with van der Waals surface area (Å²) in [6.07, 6.45) is 5.29. The normalized spacial score (nSPS) is 31.1. The summed E-state index contributed by atoms with van der Waals surface area (Å²) in [4.78, 5) is 11.5. The first-order valence-electron chi connectivity index (χ1n) is 7.09. The fourth-order valence-electron chi connectivity index (χ4n) is 3.80. The van der Waals surface area contributed by atoms with Gasteiger partial charge in [0.05, 0.1) is 0 Å². The predicted octanol–water partition coefficient (Wildman–Crippen LogP) is 4.22. The number of benzene rings is 1. The number of rotatable bonds is 1. The Hall–Kier alpha value is -1.25. The molecule has 1 aromatic rings. The molecule has 0 radical (unpaired) electrons. The maximum absolute atomic E-state index is 13.3. The van der Waals surface area contributed by atoms with Crippen molar-refractivity contribution in [1.82, 2.24) is 0 Å². The molecule has 3 heteroatoms. The second-order valence-electron chi connectivity index (χ2n) is 6.01. The van der Waals surface area contributed by atoms with Crippen molar-refractivity contribution in [2.45, 2.75) is 44.4 Å². The van der Waals surface area contributed by atoms with Gasteiger partial charge in [-0.05, 0) is 61.1 Å². The summed E-state index contributed by atoms with van der Waals surface area (Å²) in [5, 5.41) is 0. The molecule has 0 amide bonds. The number of hydrogen-bond donors (Lipinski definition) is 0. The van der Waals surface area contributed by atoms with E-state index in [4.69, 9.17) is 0 Å². The summed E-state index contributed by atoms with van der Waals surface area (Å²) < 4.78 is 26.6. The van der Waals surface area contributed by atoms with Gasteiger partial charge in [-0.1, -0.05) is 0 Å². The van der Waals surface area contributed by atoms with E-state index in [0.717, 1.165) is 43.7 Å². The van der Waals surface area contributed by atoms with Crippen LogP contribution in [0.5, 0.6) is 0 Å². The second kappa shape index (κ2) is 5.03. The SMILES string of the molecule is O=C1CCC2CC(c3cc(F)cc(F)c3)CCC2C1. The van der Waals surface area contributed by atoms with Gasteiger partial charge in [-0.2, -0.15) is 0 Å². The number of Topliss-reactive ketones (excluding diaryl/α,β-unsaturated/α-hetero) is 1. The molecule has 2 aliphatic carbocycles. The highest BCUT2D eigenvalue weighted by Crippen LogP contribution is 2.45. The molecule has 2 aliphatic rings. The van der Waals surface area contributed by atoms with Crippen molar-refractivity contribution in [2.24, 2.45) is 11.8 Å². The molecule has 0 aliphatic heterocycles. The van der Waals surface area contributed by atoms with Crippen LogP contribution < -0.4 is 0 Å². The standard InChI is InChI=1S/C16H18F2O/c17-14-6-13(7-15(18)9-14)11-1-2-12-8-16(19)4-3-10(12)5-11/h6-7,9-12H,1-5,8H2. The Morgan fingerprint density at radius 2 is 1.68 bits per heavy atom. The van der Waals surface area contributed by atoms with Crippen LogP contribution in [0, 0.1) is 23.5 Å². The number of halogens is 2. The average Bonchev–Trinajstić information content (AvgIpc) is 2.37. The van der Waals surface area contributed by atoms with E-state index in [0.29, 0.717) is 24.0 Å². The Morgan fingerprint density at radius 3 is 2.42 bits per heavy atom. The van der Waals surface area contributed by atoms with Crippen LogP contribution in [0.15, 0.2) is 18.2 Å². The Balaban J connectivity index is 1.75. The van der Waals surface area contributed by atoms with Gasteiger partial charge in [0.25, 0.3) is 0 Å². The van der Waals surface area contributed by atoms with E-state index in [1.807, 2.05) is 0 Å². The molecule has 1 aromatic carbocycles. The third-order valence-electron chi connectivity index (χ3n) is 4.78. The quantitative estimate of drug-likeness (QED) is 0.742. The first kappa shape index (κ1) is 12.8. The first-order chi connectivity index (χ1) is 9.11. The van der Waals surface area contributed by atoms with Gasteiger partial charge in [-0.25, -0.2) is 8.78 Å². The van der Waals surface area contributed by atoms with Gasteiger partial charge >= 0.3 is 0 Å². The van der Waals surface area contributed by atoms with Crippen LogP contribution >= 0.6 is 0 Å². The summed E-state index contributed by atoms with van der Waals surface area (Å²) in [7, 11) is 0. The van der Waals surface area contributed by atoms with E-state index in [2.05, 4.69) is 0 Å². The zero-order valence-electron chi connectivity index (χ0n) is 10.9. The molecule has 0 saturated heterocycles. The van der Waals surface area contributed by atoms with Crippen LogP contribution in [0.1, 0.15) is 50.0 Å². The van der Waals surface area contributed by atoms with Crippen LogP contribution in [-0.4, -0.2) is 5.78 Å². The van der Waals surface area contributed by atoms with Gasteiger partial charge in [0.1, 0.15) is 17.4 Å². The van der Waals surface area contributed by atoms with Crippen molar-refractivity contribution in [3.8, 4) is 0 Å². The molecule has 3 rings (SSSR count). The zero-order chi connectivity index (χ0) is 13.4. The van der Waals surface area contributed by atoms with Crippen molar-refractivity contribution in [1.29, 1.82) is 0 Å². The van der Waals surface area contributed by atoms with Crippen LogP contribution in [0.3, 0.4) is 0 Å². The lowest BCUT2D eigenvalue weighted by atomic mass is 9.66. The molecule has 0 aromatic heterocycles. The fourth-order valence-corrected chi connectivity index (χ4v) is 3.80. The molecule has 0 spiro atoms. The number of ketones is 1. The first-order valence-corrected chi connectivity index (χ1v) is 7.09. The Kier molecular flexibility index (Phi) is 3.38. The van der Waals surface area contributed by atoms with Crippen molar-refractivity contribution in [2.75, 3.05) is 0 Å². The topological polar surface area (TPSA) is 17.1 Å². The molecular formula is C16H18F2O. The number of carbonyl (C=O) groups excluding carboxylic acids is 1. The van der Waals surface area contributed by atoms with E-state index in [9.17, 15) is 13.6 Å². The largest absolute Gasteiger partial charge is 0.300 e. The predicted molar refractivity (Wildman–Crippen MR) is 68.8 cm³/mol. The minimum absolute atomic E-state index is 0.250. The minimum atomic E-state index is -0.490. The van der Waals surface area contributed by atoms with Crippen molar-refractivity contribution >= 4 is 5.78 Å². The molecule has 102 valence electrons. The Bertz CT molecular complexity index is 477. The maximum atomic E-state index is 13.3. The van der Waals surface area contributed by atoms with Crippen molar-refractivity contribution in [3.63, 3.8) is 0 Å². The summed E-state index contributed by atoms with van der Waals surface area (Å²) in [5.41, 5.74) is 0.785. The molecule has 3 atom stereocenters. The van der Waals surface area contributed by atoms with Gasteiger partial charge in [0.2, 0.25) is 0 Å². The molecule has 3 unspecified atom stereocenters. The highest BCUT2D eigenvalue weighted by molar-refractivity contribution is 5.79. The summed E-state index contributed by atoms with van der Waals surface area (Å²) in [6, 6.07) is 3.85. The lowest BCUT2D eigenvalue weighted by Gasteiger charge is -2.39. The Morgan fingerprint density at radius 1 is 0.947 bits per heavy atom. The van der Waals surface area contributed by atoms with E-state index in [1.165, 1.54) is 12.1 Å². The van der Waals surface area contributed by atoms with E-state index in [-0.39, 0.29) is 5.92 Å². The number of hydrogen-bond acceptors (Lipinski definition) is 1. The maximum Gasteiger partial charge on any atom is 0.133 e. The number of fused-ring (bicyclic) bond motifs is 1. The molecule has 19 heavy (non-hydrogen) atoms. The molecular weight excluding hydrogens is 246 g/mol. The smallest absolute Gasteiger partial charge is 0.133 e. The van der Waals surface area contributed by atoms with Crippen molar-refractivity contribution < 1.29 is 13.6 Å². The summed E-state index contributed by atoms with van der Waals surface area (Å²) in [6.45, 7) is 0. The molecule has 1 nitrogen and oxygen atoms in total. The Labute approximate surface area is 112 Å². The zero-order valence-corrected chi connectivity index (χ0v) is 10.9. The minimum Gasteiger partial charge on any atom is -0.300 e. The van der Waals surface area contributed by atoms with E-state index >= 15 is 0 Å². The molecule has 0 heterocycles. The van der Waals surface area contributed by atoms with Gasteiger partial charge < -0.3 is 0 Å². The van der Waals surface area contributed by atoms with Crippen LogP contribution in [0.2, 0.25) is 0 Å². The lowest BCUT2D eigenvalue weighted by Crippen LogP contribution is -2.30. The van der Waals surface area contributed by atoms with Crippen LogP contribution in [0.4, 0.5) is 8.78 Å². The van der Waals surface area contributed by atoms with Gasteiger partial charge in [0.15, 0.2) is 0 Å². The van der Waals surface area contributed by atoms with E-state index < -0.39 is 11.6 Å². The summed E-state index contributed by atoms with van der Waals surface area (Å²) >= 11 is 0. The monoisotopic (exact) mass is 264 g/mol. The molecule has 2 fully saturated rings. The van der Waals surface area contributed by atoms with Gasteiger partial charge in [0, 0.05) is 18.9 Å². The summed E-state index contributed by atoms with van der Waals surface area (Å²) in [5.74, 6) is 0.724. The van der Waals surface area contributed by atoms with Crippen LogP contribution in [-0.2, 0) is 4.79 Å². The molecule has 2 saturated carbocycles. The fraction of sp³-hybridized carbons (Fsp3) is 0.562.